The third kappa shape index (κ3) is 5.48. The van der Waals surface area contributed by atoms with Crippen molar-refractivity contribution in [2.75, 3.05) is 5.01 Å². The van der Waals surface area contributed by atoms with E-state index in [9.17, 15) is 10.5 Å². The third-order valence-corrected chi connectivity index (χ3v) is 9.92. The number of hydrazone groups is 1. The Morgan fingerprint density at radius 3 is 2.02 bits per heavy atom. The maximum absolute atomic E-state index is 9.57. The van der Waals surface area contributed by atoms with Gasteiger partial charge in [0.1, 0.15) is 29.2 Å². The molecule has 0 bridgehead atoms. The minimum absolute atomic E-state index is 0.00447. The highest BCUT2D eigenvalue weighted by molar-refractivity contribution is 6.23. The molecule has 5 nitrogen and oxygen atoms in total. The average Bonchev–Trinajstić information content (AvgIpc) is 3.66. The summed E-state index contributed by atoms with van der Waals surface area (Å²) in [7, 11) is 0. The van der Waals surface area contributed by atoms with Crippen LogP contribution in [0.2, 0.25) is 0 Å². The normalized spacial score (nSPS) is 15.7. The fourth-order valence-corrected chi connectivity index (χ4v) is 7.41. The van der Waals surface area contributed by atoms with E-state index in [4.69, 9.17) is 9.84 Å². The van der Waals surface area contributed by atoms with Gasteiger partial charge in [0, 0.05) is 17.6 Å². The molecule has 0 fully saturated rings. The second kappa shape index (κ2) is 12.9. The van der Waals surface area contributed by atoms with E-state index in [1.807, 2.05) is 60.7 Å². The average molecular weight is 667 g/mol. The van der Waals surface area contributed by atoms with Crippen LogP contribution in [-0.2, 0) is 4.74 Å². The molecule has 2 heterocycles. The van der Waals surface area contributed by atoms with Gasteiger partial charge in [-0.25, -0.2) is 0 Å². The van der Waals surface area contributed by atoms with Gasteiger partial charge in [-0.1, -0.05) is 133 Å². The lowest BCUT2D eigenvalue weighted by atomic mass is 9.88. The van der Waals surface area contributed by atoms with E-state index in [1.54, 1.807) is 12.2 Å². The van der Waals surface area contributed by atoms with E-state index in [1.165, 1.54) is 37.9 Å². The smallest absolute Gasteiger partial charge is 0.137 e. The molecule has 0 radical (unpaired) electrons. The van der Waals surface area contributed by atoms with Gasteiger partial charge in [0.15, 0.2) is 0 Å². The monoisotopic (exact) mass is 666 g/mol. The lowest BCUT2D eigenvalue weighted by Crippen LogP contribution is -2.19. The first-order valence-electron chi connectivity index (χ1n) is 17.2. The Balaban J connectivity index is 1.07. The summed E-state index contributed by atoms with van der Waals surface area (Å²) in [6.45, 7) is 0. The van der Waals surface area contributed by atoms with Gasteiger partial charge in [0.2, 0.25) is 0 Å². The maximum atomic E-state index is 9.57. The van der Waals surface area contributed by atoms with Crippen molar-refractivity contribution in [3.05, 3.63) is 197 Å². The van der Waals surface area contributed by atoms with Crippen molar-refractivity contribution in [3.8, 4) is 12.1 Å². The van der Waals surface area contributed by atoms with Gasteiger partial charge in [-0.3, -0.25) is 5.01 Å². The Kier molecular flexibility index (Phi) is 7.65. The first-order chi connectivity index (χ1) is 25.7. The minimum atomic E-state index is 0.00447. The summed E-state index contributed by atoms with van der Waals surface area (Å²) in [5.74, 6) is 1.11. The highest BCUT2D eigenvalue weighted by Crippen LogP contribution is 2.43. The molecule has 7 aromatic carbocycles. The Labute approximate surface area is 301 Å². The van der Waals surface area contributed by atoms with Crippen LogP contribution in [0.5, 0.6) is 0 Å². The highest BCUT2D eigenvalue weighted by Gasteiger charge is 2.31. The predicted octanol–water partition coefficient (Wildman–Crippen LogP) is 11.3. The van der Waals surface area contributed by atoms with Crippen molar-refractivity contribution < 1.29 is 4.74 Å². The first kappa shape index (κ1) is 30.8. The zero-order valence-electron chi connectivity index (χ0n) is 28.1. The van der Waals surface area contributed by atoms with E-state index in [2.05, 4.69) is 108 Å². The summed E-state index contributed by atoms with van der Waals surface area (Å²) in [6.07, 6.45) is 8.08. The summed E-state index contributed by atoms with van der Waals surface area (Å²) < 4.78 is 6.22. The van der Waals surface area contributed by atoms with Crippen LogP contribution in [0.25, 0.3) is 44.2 Å². The van der Waals surface area contributed by atoms with E-state index in [0.717, 1.165) is 34.5 Å². The van der Waals surface area contributed by atoms with E-state index < -0.39 is 0 Å². The first-order valence-corrected chi connectivity index (χ1v) is 17.2. The molecule has 52 heavy (non-hydrogen) atoms. The second-order valence-corrected chi connectivity index (χ2v) is 13.0. The zero-order chi connectivity index (χ0) is 35.0. The maximum Gasteiger partial charge on any atom is 0.137 e. The van der Waals surface area contributed by atoms with Gasteiger partial charge in [-0.15, -0.1) is 0 Å². The van der Waals surface area contributed by atoms with Crippen molar-refractivity contribution in [1.29, 1.82) is 10.5 Å². The van der Waals surface area contributed by atoms with Gasteiger partial charge in [-0.05, 0) is 79.4 Å². The van der Waals surface area contributed by atoms with Crippen LogP contribution >= 0.6 is 0 Å². The number of rotatable bonds is 6. The standard InChI is InChI=1S/C47H30N4O/c48-29-38(30-49)37-26-40(52-45(27-37)33-10-5-2-6-11-33)23-16-31-14-21-39(22-15-31)51-44(28-43(50-51)32-8-3-1-4-9-32)41-24-19-36-18-17-34-12-7-13-35-20-25-42(41)47(36)46(34)35/h1-27,44H,28H2. The molecule has 2 aliphatic rings. The zero-order valence-corrected chi connectivity index (χ0v) is 28.1. The second-order valence-electron chi connectivity index (χ2n) is 13.0. The molecular formula is C47H30N4O. The number of anilines is 1. The molecule has 0 N–H and O–H groups in total. The molecule has 0 amide bonds. The van der Waals surface area contributed by atoms with Gasteiger partial charge < -0.3 is 4.74 Å². The Hall–Kier alpha value is -7.21. The summed E-state index contributed by atoms with van der Waals surface area (Å²) in [5.41, 5.74) is 6.82. The molecule has 9 rings (SSSR count). The number of allylic oxidation sites excluding steroid dienone is 5. The van der Waals surface area contributed by atoms with Crippen molar-refractivity contribution in [1.82, 2.24) is 0 Å². The molecule has 7 aromatic rings. The fraction of sp³-hybridized carbons (Fsp3) is 0.0426. The molecule has 0 saturated heterocycles. The van der Waals surface area contributed by atoms with Crippen molar-refractivity contribution in [2.24, 2.45) is 5.10 Å². The summed E-state index contributed by atoms with van der Waals surface area (Å²) in [6, 6.07) is 52.5. The molecule has 0 saturated carbocycles. The molecule has 2 aliphatic heterocycles. The molecule has 0 aliphatic carbocycles. The predicted molar refractivity (Wildman–Crippen MR) is 210 cm³/mol. The van der Waals surface area contributed by atoms with Crippen LogP contribution in [0.1, 0.15) is 34.7 Å². The minimum Gasteiger partial charge on any atom is -0.457 e. The van der Waals surface area contributed by atoms with Crippen LogP contribution in [-0.4, -0.2) is 5.71 Å². The number of nitrogens with zero attached hydrogens (tertiary/aromatic N) is 4. The number of hydrogen-bond acceptors (Lipinski definition) is 5. The lowest BCUT2D eigenvalue weighted by Gasteiger charge is -2.26. The number of nitriles is 2. The molecule has 1 unspecified atom stereocenters. The van der Waals surface area contributed by atoms with Gasteiger partial charge in [-0.2, -0.15) is 15.6 Å². The summed E-state index contributed by atoms with van der Waals surface area (Å²) in [4.78, 5) is 0. The van der Waals surface area contributed by atoms with Crippen LogP contribution in [0.4, 0.5) is 5.69 Å². The largest absolute Gasteiger partial charge is 0.457 e. The Morgan fingerprint density at radius 2 is 1.31 bits per heavy atom. The fourth-order valence-electron chi connectivity index (χ4n) is 7.41. The molecular weight excluding hydrogens is 637 g/mol. The van der Waals surface area contributed by atoms with Gasteiger partial charge in [0.05, 0.1) is 17.4 Å². The summed E-state index contributed by atoms with van der Waals surface area (Å²) in [5, 5.41) is 34.2. The van der Waals surface area contributed by atoms with Crippen molar-refractivity contribution in [2.45, 2.75) is 12.5 Å². The Morgan fingerprint density at radius 1 is 0.654 bits per heavy atom. The quantitative estimate of drug-likeness (QED) is 0.131. The van der Waals surface area contributed by atoms with Crippen molar-refractivity contribution in [3.63, 3.8) is 0 Å². The van der Waals surface area contributed by atoms with E-state index in [-0.39, 0.29) is 11.6 Å². The van der Waals surface area contributed by atoms with E-state index in [0.29, 0.717) is 17.1 Å². The number of ether oxygens (including phenoxy) is 1. The van der Waals surface area contributed by atoms with E-state index >= 15 is 0 Å². The molecule has 1 atom stereocenters. The molecule has 0 aromatic heterocycles. The molecule has 5 heteroatoms. The van der Waals surface area contributed by atoms with Crippen molar-refractivity contribution >= 4 is 55.6 Å². The highest BCUT2D eigenvalue weighted by atomic mass is 16.5. The molecule has 0 spiro atoms. The van der Waals surface area contributed by atoms with Crippen LogP contribution < -0.4 is 5.01 Å². The van der Waals surface area contributed by atoms with Gasteiger partial charge >= 0.3 is 0 Å². The lowest BCUT2D eigenvalue weighted by molar-refractivity contribution is 0.396. The SMILES string of the molecule is N#CC(C#N)=C1C=C(C=Cc2ccc(N3N=C(c4ccccc4)CC3c3ccc4ccc5cccc6ccc3c4c56)cc2)OC(c2ccccc2)=C1. The molecule has 244 valence electrons. The number of benzene rings is 7. The van der Waals surface area contributed by atoms with Crippen LogP contribution in [0.15, 0.2) is 180 Å². The third-order valence-electron chi connectivity index (χ3n) is 9.92. The summed E-state index contributed by atoms with van der Waals surface area (Å²) >= 11 is 0. The van der Waals surface area contributed by atoms with Crippen LogP contribution in [0.3, 0.4) is 0 Å². The van der Waals surface area contributed by atoms with Gasteiger partial charge in [0.25, 0.3) is 0 Å². The number of hydrogen-bond donors (Lipinski definition) is 0. The Bertz CT molecular complexity index is 2710. The topological polar surface area (TPSA) is 72.4 Å². The van der Waals surface area contributed by atoms with Crippen LogP contribution in [0, 0.1) is 22.7 Å².